The molecule has 0 aliphatic rings. The molecular weight excluding hydrogens is 315 g/mol. The molecule has 0 fully saturated rings. The molecule has 0 radical (unpaired) electrons. The zero-order valence-corrected chi connectivity index (χ0v) is 13.0. The molecule has 0 aliphatic carbocycles. The minimum Gasteiger partial charge on any atom is -0.306 e. The van der Waals surface area contributed by atoms with Gasteiger partial charge < -0.3 is 5.32 Å². The highest BCUT2D eigenvalue weighted by Crippen LogP contribution is 2.31. The molecule has 0 saturated carbocycles. The number of hydrogen-bond acceptors (Lipinski definition) is 1. The molecule has 0 aliphatic heterocycles. The zero-order chi connectivity index (χ0) is 15.4. The highest BCUT2D eigenvalue weighted by atomic mass is 35.5. The second-order valence-corrected chi connectivity index (χ2v) is 5.56. The van der Waals surface area contributed by atoms with Crippen LogP contribution in [0, 0.1) is 11.6 Å². The first-order chi connectivity index (χ1) is 10.0. The minimum atomic E-state index is -0.523. The lowest BCUT2D eigenvalue weighted by Gasteiger charge is -2.21. The summed E-state index contributed by atoms with van der Waals surface area (Å²) in [6.07, 6.45) is 0.860. The zero-order valence-electron chi connectivity index (χ0n) is 11.5. The van der Waals surface area contributed by atoms with Crippen molar-refractivity contribution in [2.45, 2.75) is 19.4 Å². The van der Waals surface area contributed by atoms with E-state index in [4.69, 9.17) is 23.2 Å². The number of nitrogens with one attached hydrogen (secondary N) is 1. The molecule has 0 aromatic heterocycles. The Bertz CT molecular complexity index is 632. The normalized spacial score (nSPS) is 12.4. The third-order valence-electron chi connectivity index (χ3n) is 3.14. The molecule has 1 nitrogen and oxygen atoms in total. The number of benzene rings is 2. The van der Waals surface area contributed by atoms with Crippen LogP contribution in [0.2, 0.25) is 10.0 Å². The summed E-state index contributed by atoms with van der Waals surface area (Å²) in [6.45, 7) is 2.65. The molecule has 0 amide bonds. The van der Waals surface area contributed by atoms with Gasteiger partial charge in [-0.1, -0.05) is 36.2 Å². The Balaban J connectivity index is 2.49. The summed E-state index contributed by atoms with van der Waals surface area (Å²) in [5.74, 6) is -0.858. The van der Waals surface area contributed by atoms with Gasteiger partial charge in [-0.15, -0.1) is 0 Å². The van der Waals surface area contributed by atoms with Gasteiger partial charge in [-0.25, -0.2) is 8.78 Å². The SMILES string of the molecule is CCCNC(c1ccc(Cl)cc1F)c1cc(F)ccc1Cl. The van der Waals surface area contributed by atoms with E-state index in [9.17, 15) is 8.78 Å². The van der Waals surface area contributed by atoms with Crippen molar-refractivity contribution in [1.29, 1.82) is 0 Å². The van der Waals surface area contributed by atoms with Crippen LogP contribution in [-0.2, 0) is 0 Å². The summed E-state index contributed by atoms with van der Waals surface area (Å²) >= 11 is 11.9. The molecule has 1 N–H and O–H groups in total. The van der Waals surface area contributed by atoms with Crippen LogP contribution in [0.4, 0.5) is 8.78 Å². The molecule has 21 heavy (non-hydrogen) atoms. The van der Waals surface area contributed by atoms with Crippen molar-refractivity contribution in [3.63, 3.8) is 0 Å². The highest BCUT2D eigenvalue weighted by Gasteiger charge is 2.20. The standard InChI is InChI=1S/C16H15Cl2F2N/c1-2-7-21-16(12-5-3-10(17)8-15(12)20)13-9-11(19)4-6-14(13)18/h3-6,8-9,16,21H,2,7H2,1H3. The molecule has 2 aromatic carbocycles. The van der Waals surface area contributed by atoms with Crippen molar-refractivity contribution < 1.29 is 8.78 Å². The summed E-state index contributed by atoms with van der Waals surface area (Å²) in [5.41, 5.74) is 0.895. The predicted molar refractivity (Wildman–Crippen MR) is 83.0 cm³/mol. The van der Waals surface area contributed by atoms with Gasteiger partial charge in [0.2, 0.25) is 0 Å². The Labute approximate surface area is 132 Å². The molecular formula is C16H15Cl2F2N. The first-order valence-corrected chi connectivity index (χ1v) is 7.41. The third-order valence-corrected chi connectivity index (χ3v) is 3.72. The van der Waals surface area contributed by atoms with Gasteiger partial charge in [0.25, 0.3) is 0 Å². The lowest BCUT2D eigenvalue weighted by atomic mass is 9.97. The van der Waals surface area contributed by atoms with Gasteiger partial charge in [-0.3, -0.25) is 0 Å². The van der Waals surface area contributed by atoms with Gasteiger partial charge >= 0.3 is 0 Å². The first kappa shape index (κ1) is 16.2. The van der Waals surface area contributed by atoms with E-state index >= 15 is 0 Å². The number of rotatable bonds is 5. The lowest BCUT2D eigenvalue weighted by Crippen LogP contribution is -2.24. The number of hydrogen-bond donors (Lipinski definition) is 1. The van der Waals surface area contributed by atoms with E-state index in [2.05, 4.69) is 5.32 Å². The van der Waals surface area contributed by atoms with Gasteiger partial charge in [0.15, 0.2) is 0 Å². The van der Waals surface area contributed by atoms with Crippen LogP contribution in [-0.4, -0.2) is 6.54 Å². The van der Waals surface area contributed by atoms with Crippen molar-refractivity contribution >= 4 is 23.2 Å². The average Bonchev–Trinajstić information content (AvgIpc) is 2.44. The van der Waals surface area contributed by atoms with E-state index in [0.717, 1.165) is 6.42 Å². The average molecular weight is 330 g/mol. The Kier molecular flexibility index (Phi) is 5.57. The molecule has 0 saturated heterocycles. The van der Waals surface area contributed by atoms with E-state index in [1.54, 1.807) is 12.1 Å². The topological polar surface area (TPSA) is 12.0 Å². The molecule has 1 unspecified atom stereocenters. The van der Waals surface area contributed by atoms with Crippen LogP contribution < -0.4 is 5.32 Å². The summed E-state index contributed by atoms with van der Waals surface area (Å²) in [6, 6.07) is 7.99. The largest absolute Gasteiger partial charge is 0.306 e. The van der Waals surface area contributed by atoms with Gasteiger partial charge in [-0.05, 0) is 48.9 Å². The van der Waals surface area contributed by atoms with E-state index in [-0.39, 0.29) is 0 Å². The summed E-state index contributed by atoms with van der Waals surface area (Å²) in [7, 11) is 0. The maximum Gasteiger partial charge on any atom is 0.129 e. The fourth-order valence-electron chi connectivity index (χ4n) is 2.15. The third kappa shape index (κ3) is 3.94. The van der Waals surface area contributed by atoms with Crippen molar-refractivity contribution in [3.05, 3.63) is 69.2 Å². The lowest BCUT2D eigenvalue weighted by molar-refractivity contribution is 0.543. The minimum absolute atomic E-state index is 0.316. The highest BCUT2D eigenvalue weighted by molar-refractivity contribution is 6.31. The van der Waals surface area contributed by atoms with Crippen molar-refractivity contribution in [1.82, 2.24) is 5.32 Å². The van der Waals surface area contributed by atoms with Crippen LogP contribution in [0.1, 0.15) is 30.5 Å². The van der Waals surface area contributed by atoms with E-state index < -0.39 is 17.7 Å². The molecule has 2 rings (SSSR count). The molecule has 2 aromatic rings. The van der Waals surface area contributed by atoms with E-state index in [1.165, 1.54) is 24.3 Å². The second-order valence-electron chi connectivity index (χ2n) is 4.72. The van der Waals surface area contributed by atoms with Crippen LogP contribution in [0.5, 0.6) is 0 Å². The predicted octanol–water partition coefficient (Wildman–Crippen LogP) is 5.36. The Morgan fingerprint density at radius 3 is 2.48 bits per heavy atom. The molecule has 1 atom stereocenters. The fourth-order valence-corrected chi connectivity index (χ4v) is 2.53. The summed E-state index contributed by atoms with van der Waals surface area (Å²) in [5, 5.41) is 3.90. The van der Waals surface area contributed by atoms with Crippen molar-refractivity contribution in [2.75, 3.05) is 6.54 Å². The first-order valence-electron chi connectivity index (χ1n) is 6.66. The van der Waals surface area contributed by atoms with Crippen LogP contribution in [0.3, 0.4) is 0 Å². The van der Waals surface area contributed by atoms with Crippen molar-refractivity contribution in [2.24, 2.45) is 0 Å². The summed E-state index contributed by atoms with van der Waals surface area (Å²) in [4.78, 5) is 0. The van der Waals surface area contributed by atoms with Gasteiger partial charge in [0, 0.05) is 15.6 Å². The van der Waals surface area contributed by atoms with Gasteiger partial charge in [0.1, 0.15) is 11.6 Å². The van der Waals surface area contributed by atoms with Gasteiger partial charge in [0.05, 0.1) is 6.04 Å². The van der Waals surface area contributed by atoms with Crippen LogP contribution in [0.25, 0.3) is 0 Å². The fraction of sp³-hybridized carbons (Fsp3) is 0.250. The Morgan fingerprint density at radius 1 is 1.05 bits per heavy atom. The maximum absolute atomic E-state index is 14.2. The Hall–Kier alpha value is -1.16. The molecule has 0 spiro atoms. The van der Waals surface area contributed by atoms with Crippen LogP contribution >= 0.6 is 23.2 Å². The number of halogens is 4. The molecule has 5 heteroatoms. The van der Waals surface area contributed by atoms with E-state index in [0.29, 0.717) is 27.7 Å². The Morgan fingerprint density at radius 2 is 1.81 bits per heavy atom. The quantitative estimate of drug-likeness (QED) is 0.778. The monoisotopic (exact) mass is 329 g/mol. The molecule has 0 heterocycles. The van der Waals surface area contributed by atoms with Gasteiger partial charge in [-0.2, -0.15) is 0 Å². The molecule has 0 bridgehead atoms. The maximum atomic E-state index is 14.2. The van der Waals surface area contributed by atoms with Crippen LogP contribution in [0.15, 0.2) is 36.4 Å². The summed E-state index contributed by atoms with van der Waals surface area (Å²) < 4.78 is 27.7. The van der Waals surface area contributed by atoms with E-state index in [1.807, 2.05) is 6.92 Å². The second kappa shape index (κ2) is 7.21. The molecule has 112 valence electrons. The van der Waals surface area contributed by atoms with Crippen molar-refractivity contribution in [3.8, 4) is 0 Å². The smallest absolute Gasteiger partial charge is 0.129 e.